The fourth-order valence-corrected chi connectivity index (χ4v) is 5.80. The summed E-state index contributed by atoms with van der Waals surface area (Å²) in [6.07, 6.45) is 0. The van der Waals surface area contributed by atoms with E-state index >= 15 is 0 Å². The quantitative estimate of drug-likeness (QED) is 0.352. The molecule has 0 saturated carbocycles. The van der Waals surface area contributed by atoms with Crippen LogP contribution in [0.3, 0.4) is 0 Å². The van der Waals surface area contributed by atoms with Crippen molar-refractivity contribution in [2.75, 3.05) is 69.2 Å². The Morgan fingerprint density at radius 3 is 1.35 bits per heavy atom. The van der Waals surface area contributed by atoms with Crippen LogP contribution in [0.4, 0.5) is 11.4 Å². The number of piperazine rings is 2. The highest BCUT2D eigenvalue weighted by atomic mass is 15.3. The number of benzene rings is 3. The molecule has 4 heteroatoms. The van der Waals surface area contributed by atoms with Gasteiger partial charge in [0.25, 0.3) is 0 Å². The van der Waals surface area contributed by atoms with Crippen LogP contribution in [0.5, 0.6) is 0 Å². The highest BCUT2D eigenvalue weighted by Gasteiger charge is 2.24. The summed E-state index contributed by atoms with van der Waals surface area (Å²) in [7, 11) is 2.20. The zero-order chi connectivity index (χ0) is 28.8. The maximum atomic E-state index is 2.56. The average molecular weight is 541 g/mol. The van der Waals surface area contributed by atoms with Crippen LogP contribution in [0.15, 0.2) is 78.9 Å². The van der Waals surface area contributed by atoms with Crippen LogP contribution in [-0.2, 0) is 17.4 Å². The van der Waals surface area contributed by atoms with Crippen molar-refractivity contribution in [3.05, 3.63) is 95.6 Å². The van der Waals surface area contributed by atoms with E-state index in [1.54, 1.807) is 0 Å². The molecule has 0 unspecified atom stereocenters. The maximum absolute atomic E-state index is 2.56. The third-order valence-electron chi connectivity index (χ3n) is 8.23. The number of hydrogen-bond donors (Lipinski definition) is 0. The van der Waals surface area contributed by atoms with Crippen LogP contribution in [0.25, 0.3) is 0 Å². The summed E-state index contributed by atoms with van der Waals surface area (Å²) in [6, 6.07) is 28.5. The summed E-state index contributed by atoms with van der Waals surface area (Å²) < 4.78 is 0. The van der Waals surface area contributed by atoms with Gasteiger partial charge >= 0.3 is 0 Å². The Kier molecular flexibility index (Phi) is 9.97. The van der Waals surface area contributed by atoms with Crippen molar-refractivity contribution in [2.24, 2.45) is 0 Å². The summed E-state index contributed by atoms with van der Waals surface area (Å²) in [5, 5.41) is 0. The lowest BCUT2D eigenvalue weighted by Gasteiger charge is -2.38. The van der Waals surface area contributed by atoms with Gasteiger partial charge < -0.3 is 14.7 Å². The van der Waals surface area contributed by atoms with Crippen LogP contribution >= 0.6 is 0 Å². The molecule has 5 rings (SSSR count). The molecule has 3 aromatic rings. The Balaban J connectivity index is 0.000000194. The molecule has 0 atom stereocenters. The van der Waals surface area contributed by atoms with Gasteiger partial charge in [0, 0.05) is 70.3 Å². The van der Waals surface area contributed by atoms with Crippen LogP contribution < -0.4 is 9.80 Å². The fourth-order valence-electron chi connectivity index (χ4n) is 5.80. The lowest BCUT2D eigenvalue weighted by Crippen LogP contribution is -2.46. The zero-order valence-electron chi connectivity index (χ0n) is 26.2. The molecule has 0 N–H and O–H groups in total. The Bertz CT molecular complexity index is 1180. The van der Waals surface area contributed by atoms with Crippen molar-refractivity contribution in [2.45, 2.75) is 58.9 Å². The monoisotopic (exact) mass is 540 g/mol. The molecule has 0 bridgehead atoms. The lowest BCUT2D eigenvalue weighted by atomic mass is 9.85. The summed E-state index contributed by atoms with van der Waals surface area (Å²) >= 11 is 0. The number of likely N-dealkylation sites (N-methyl/N-ethyl adjacent to an activating group) is 1. The second-order valence-corrected chi connectivity index (χ2v) is 13.6. The molecular weight excluding hydrogens is 488 g/mol. The van der Waals surface area contributed by atoms with E-state index in [2.05, 4.69) is 147 Å². The highest BCUT2D eigenvalue weighted by molar-refractivity contribution is 5.57. The van der Waals surface area contributed by atoms with Crippen LogP contribution in [0, 0.1) is 0 Å². The zero-order valence-corrected chi connectivity index (χ0v) is 26.2. The van der Waals surface area contributed by atoms with Gasteiger partial charge in [-0.05, 0) is 46.7 Å². The minimum atomic E-state index is 0.192. The molecule has 2 saturated heterocycles. The number of anilines is 2. The Labute approximate surface area is 244 Å². The van der Waals surface area contributed by atoms with Gasteiger partial charge in [0.05, 0.1) is 0 Å². The minimum absolute atomic E-state index is 0.192. The molecule has 0 spiro atoms. The predicted octanol–water partition coefficient (Wildman–Crippen LogP) is 7.04. The van der Waals surface area contributed by atoms with E-state index in [0.717, 1.165) is 45.8 Å². The first-order chi connectivity index (χ1) is 19.0. The van der Waals surface area contributed by atoms with Gasteiger partial charge in [-0.3, -0.25) is 4.90 Å². The summed E-state index contributed by atoms with van der Waals surface area (Å²) in [5.41, 5.74) is 7.59. The Hall–Kier alpha value is -2.82. The molecule has 4 nitrogen and oxygen atoms in total. The summed E-state index contributed by atoms with van der Waals surface area (Å²) in [4.78, 5) is 10.0. The van der Waals surface area contributed by atoms with Crippen LogP contribution in [-0.4, -0.2) is 69.2 Å². The molecule has 40 heavy (non-hydrogen) atoms. The third kappa shape index (κ3) is 8.11. The molecule has 0 radical (unpaired) electrons. The molecule has 2 heterocycles. The first kappa shape index (κ1) is 30.1. The second-order valence-electron chi connectivity index (χ2n) is 13.6. The van der Waals surface area contributed by atoms with E-state index in [-0.39, 0.29) is 10.8 Å². The lowest BCUT2D eigenvalue weighted by molar-refractivity contribution is 0.249. The van der Waals surface area contributed by atoms with Crippen molar-refractivity contribution in [3.8, 4) is 0 Å². The van der Waals surface area contributed by atoms with Crippen molar-refractivity contribution in [1.29, 1.82) is 0 Å². The molecule has 2 aliphatic heterocycles. The van der Waals surface area contributed by atoms with Gasteiger partial charge in [-0.25, -0.2) is 0 Å². The van der Waals surface area contributed by atoms with Crippen molar-refractivity contribution in [1.82, 2.24) is 9.80 Å². The Morgan fingerprint density at radius 2 is 0.900 bits per heavy atom. The first-order valence-corrected chi connectivity index (χ1v) is 15.2. The van der Waals surface area contributed by atoms with Crippen molar-refractivity contribution < 1.29 is 0 Å². The second kappa shape index (κ2) is 13.2. The highest BCUT2D eigenvalue weighted by Crippen LogP contribution is 2.33. The predicted molar refractivity (Wildman–Crippen MR) is 174 cm³/mol. The minimum Gasteiger partial charge on any atom is -0.369 e. The molecule has 0 aromatic heterocycles. The molecule has 0 aliphatic carbocycles. The van der Waals surface area contributed by atoms with Crippen LogP contribution in [0.1, 0.15) is 58.2 Å². The van der Waals surface area contributed by atoms with E-state index in [0.29, 0.717) is 0 Å². The van der Waals surface area contributed by atoms with Crippen LogP contribution in [0.2, 0.25) is 0 Å². The van der Waals surface area contributed by atoms with Gasteiger partial charge in [0.15, 0.2) is 0 Å². The number of rotatable bonds is 4. The average Bonchev–Trinajstić information content (AvgIpc) is 2.94. The SMILES string of the molecule is CC(C)(C)c1ccccc1N1CCN(Cc2ccccc2)CC1.CN1CCN(c2ccccc2C(C)(C)C)CC1. The van der Waals surface area contributed by atoms with E-state index in [1.165, 1.54) is 41.2 Å². The Morgan fingerprint density at radius 1 is 0.500 bits per heavy atom. The normalized spacial score (nSPS) is 17.4. The standard InChI is InChI=1S/C21H28N2.C15H24N2/c1-21(2,3)19-11-7-8-12-20(19)23-15-13-22(14-16-23)17-18-9-5-4-6-10-18;1-15(2,3)13-7-5-6-8-14(13)17-11-9-16(4)10-12-17/h4-12H,13-17H2,1-3H3;5-8H,9-12H2,1-4H3. The third-order valence-corrected chi connectivity index (χ3v) is 8.23. The molecule has 2 fully saturated rings. The summed E-state index contributed by atoms with van der Waals surface area (Å²) in [6.45, 7) is 24.0. The van der Waals surface area contributed by atoms with E-state index < -0.39 is 0 Å². The summed E-state index contributed by atoms with van der Waals surface area (Å²) in [5.74, 6) is 0. The molecule has 2 aliphatic rings. The van der Waals surface area contributed by atoms with Gasteiger partial charge in [0.1, 0.15) is 0 Å². The van der Waals surface area contributed by atoms with Gasteiger partial charge in [-0.2, -0.15) is 0 Å². The molecule has 0 amide bonds. The number of hydrogen-bond acceptors (Lipinski definition) is 4. The smallest absolute Gasteiger partial charge is 0.0405 e. The fraction of sp³-hybridized carbons (Fsp3) is 0.500. The number of nitrogens with zero attached hydrogens (tertiary/aromatic N) is 4. The topological polar surface area (TPSA) is 13.0 Å². The van der Waals surface area contributed by atoms with Crippen molar-refractivity contribution in [3.63, 3.8) is 0 Å². The van der Waals surface area contributed by atoms with E-state index in [1.807, 2.05) is 0 Å². The van der Waals surface area contributed by atoms with Gasteiger partial charge in [-0.15, -0.1) is 0 Å². The van der Waals surface area contributed by atoms with Gasteiger partial charge in [-0.1, -0.05) is 108 Å². The molecular formula is C36H52N4. The van der Waals surface area contributed by atoms with Crippen molar-refractivity contribution >= 4 is 11.4 Å². The van der Waals surface area contributed by atoms with E-state index in [4.69, 9.17) is 0 Å². The number of para-hydroxylation sites is 2. The molecule has 3 aromatic carbocycles. The molecule has 216 valence electrons. The largest absolute Gasteiger partial charge is 0.369 e. The van der Waals surface area contributed by atoms with E-state index in [9.17, 15) is 0 Å². The maximum Gasteiger partial charge on any atom is 0.0405 e. The van der Waals surface area contributed by atoms with Gasteiger partial charge in [0.2, 0.25) is 0 Å². The first-order valence-electron chi connectivity index (χ1n) is 15.2.